The Hall–Kier alpha value is -1.86. The molecule has 0 aliphatic heterocycles. The summed E-state index contributed by atoms with van der Waals surface area (Å²) >= 11 is 0. The van der Waals surface area contributed by atoms with E-state index in [-0.39, 0.29) is 5.91 Å². The van der Waals surface area contributed by atoms with Crippen molar-refractivity contribution < 1.29 is 4.79 Å². The van der Waals surface area contributed by atoms with Crippen molar-refractivity contribution in [2.24, 2.45) is 0 Å². The topological polar surface area (TPSA) is 56.1 Å². The van der Waals surface area contributed by atoms with Crippen molar-refractivity contribution in [3.05, 3.63) is 35.4 Å². The zero-order valence-corrected chi connectivity index (χ0v) is 14.3. The van der Waals surface area contributed by atoms with Crippen LogP contribution < -0.4 is 5.32 Å². The van der Waals surface area contributed by atoms with Gasteiger partial charge in [0, 0.05) is 6.54 Å². The van der Waals surface area contributed by atoms with Gasteiger partial charge < -0.3 is 5.32 Å². The van der Waals surface area contributed by atoms with Crippen LogP contribution in [0.2, 0.25) is 0 Å². The number of nitriles is 1. The molecule has 23 heavy (non-hydrogen) atoms. The average molecular weight is 313 g/mol. The van der Waals surface area contributed by atoms with Crippen molar-refractivity contribution in [2.45, 2.75) is 57.5 Å². The molecule has 0 bridgehead atoms. The Balaban J connectivity index is 1.85. The minimum atomic E-state index is -0.640. The summed E-state index contributed by atoms with van der Waals surface area (Å²) in [6.45, 7) is 3.19. The molecule has 4 heteroatoms. The number of benzene rings is 1. The highest BCUT2D eigenvalue weighted by molar-refractivity contribution is 5.79. The number of likely N-dealkylation sites (N-methyl/N-ethyl adjacent to an activating group) is 1. The third-order valence-corrected chi connectivity index (χ3v) is 4.60. The van der Waals surface area contributed by atoms with Crippen LogP contribution in [0.5, 0.6) is 0 Å². The van der Waals surface area contributed by atoms with E-state index in [9.17, 15) is 10.1 Å². The lowest BCUT2D eigenvalue weighted by Gasteiger charge is -2.32. The monoisotopic (exact) mass is 313 g/mol. The number of carbonyl (C=O) groups excluding carboxylic acids is 1. The predicted octanol–water partition coefficient (Wildman–Crippen LogP) is 3.02. The van der Waals surface area contributed by atoms with Crippen LogP contribution in [0, 0.1) is 11.3 Å². The number of carbonyl (C=O) groups is 1. The van der Waals surface area contributed by atoms with E-state index >= 15 is 0 Å². The number of nitrogens with one attached hydrogen (secondary N) is 1. The van der Waals surface area contributed by atoms with Gasteiger partial charge in [-0.2, -0.15) is 5.26 Å². The van der Waals surface area contributed by atoms with Gasteiger partial charge in [-0.05, 0) is 37.4 Å². The summed E-state index contributed by atoms with van der Waals surface area (Å²) in [6, 6.07) is 10.8. The van der Waals surface area contributed by atoms with Gasteiger partial charge in [-0.1, -0.05) is 50.5 Å². The number of aryl methyl sites for hydroxylation is 1. The number of rotatable bonds is 6. The van der Waals surface area contributed by atoms with Gasteiger partial charge in [-0.25, -0.2) is 0 Å². The standard InChI is InChI=1S/C19H27N3O/c1-3-16-7-9-17(10-8-16)13-22(2)14-18(23)21-19(15-20)11-5-4-6-12-19/h7-10H,3-6,11-14H2,1-2H3,(H,21,23). The number of hydrogen-bond acceptors (Lipinski definition) is 3. The predicted molar refractivity (Wildman–Crippen MR) is 91.7 cm³/mol. The molecule has 1 amide bonds. The van der Waals surface area contributed by atoms with Gasteiger partial charge in [0.1, 0.15) is 5.54 Å². The molecular formula is C19H27N3O. The Kier molecular flexibility index (Phi) is 6.18. The molecule has 1 saturated carbocycles. The van der Waals surface area contributed by atoms with Gasteiger partial charge in [-0.3, -0.25) is 9.69 Å². The van der Waals surface area contributed by atoms with Crippen molar-refractivity contribution in [2.75, 3.05) is 13.6 Å². The fourth-order valence-corrected chi connectivity index (χ4v) is 3.22. The van der Waals surface area contributed by atoms with Crippen LogP contribution in [0.1, 0.15) is 50.2 Å². The van der Waals surface area contributed by atoms with Crippen LogP contribution in [0.3, 0.4) is 0 Å². The smallest absolute Gasteiger partial charge is 0.235 e. The van der Waals surface area contributed by atoms with Crippen LogP contribution in [-0.4, -0.2) is 29.9 Å². The van der Waals surface area contributed by atoms with E-state index in [1.54, 1.807) is 0 Å². The van der Waals surface area contributed by atoms with E-state index in [4.69, 9.17) is 0 Å². The quantitative estimate of drug-likeness (QED) is 0.878. The highest BCUT2D eigenvalue weighted by Crippen LogP contribution is 2.27. The second kappa shape index (κ2) is 8.12. The number of nitrogens with zero attached hydrogens (tertiary/aromatic N) is 2. The molecule has 1 aliphatic rings. The lowest BCUT2D eigenvalue weighted by molar-refractivity contribution is -0.123. The first-order chi connectivity index (χ1) is 11.1. The molecule has 0 unspecified atom stereocenters. The molecule has 1 N–H and O–H groups in total. The minimum absolute atomic E-state index is 0.0545. The van der Waals surface area contributed by atoms with Gasteiger partial charge in [0.2, 0.25) is 5.91 Å². The maximum Gasteiger partial charge on any atom is 0.235 e. The van der Waals surface area contributed by atoms with E-state index in [2.05, 4.69) is 42.6 Å². The minimum Gasteiger partial charge on any atom is -0.337 e. The largest absolute Gasteiger partial charge is 0.337 e. The Bertz CT molecular complexity index is 553. The molecule has 2 rings (SSSR count). The average Bonchev–Trinajstić information content (AvgIpc) is 2.56. The van der Waals surface area contributed by atoms with Crippen molar-refractivity contribution in [1.82, 2.24) is 10.2 Å². The zero-order valence-electron chi connectivity index (χ0n) is 14.3. The molecule has 4 nitrogen and oxygen atoms in total. The summed E-state index contributed by atoms with van der Waals surface area (Å²) in [4.78, 5) is 14.3. The fraction of sp³-hybridized carbons (Fsp3) is 0.579. The van der Waals surface area contributed by atoms with Crippen molar-refractivity contribution in [1.29, 1.82) is 5.26 Å². The third-order valence-electron chi connectivity index (χ3n) is 4.60. The second-order valence-corrected chi connectivity index (χ2v) is 6.65. The molecule has 0 aromatic heterocycles. The van der Waals surface area contributed by atoms with Crippen molar-refractivity contribution in [3.8, 4) is 6.07 Å². The molecule has 1 aromatic carbocycles. The van der Waals surface area contributed by atoms with Crippen molar-refractivity contribution in [3.63, 3.8) is 0 Å². The summed E-state index contributed by atoms with van der Waals surface area (Å²) in [7, 11) is 1.94. The van der Waals surface area contributed by atoms with E-state index in [0.29, 0.717) is 6.54 Å². The summed E-state index contributed by atoms with van der Waals surface area (Å²) in [5.41, 5.74) is 1.88. The summed E-state index contributed by atoms with van der Waals surface area (Å²) < 4.78 is 0. The lowest BCUT2D eigenvalue weighted by atomic mass is 9.83. The van der Waals surface area contributed by atoms with Crippen LogP contribution >= 0.6 is 0 Å². The number of hydrogen-bond donors (Lipinski definition) is 1. The summed E-state index contributed by atoms with van der Waals surface area (Å²) in [5.74, 6) is -0.0545. The molecule has 124 valence electrons. The van der Waals surface area contributed by atoms with Gasteiger partial charge in [0.25, 0.3) is 0 Å². The van der Waals surface area contributed by atoms with Gasteiger partial charge in [-0.15, -0.1) is 0 Å². The highest BCUT2D eigenvalue weighted by atomic mass is 16.2. The van der Waals surface area contributed by atoms with Crippen LogP contribution in [-0.2, 0) is 17.8 Å². The van der Waals surface area contributed by atoms with Crippen LogP contribution in [0.15, 0.2) is 24.3 Å². The summed E-state index contributed by atoms with van der Waals surface area (Å²) in [6.07, 6.45) is 5.79. The van der Waals surface area contributed by atoms with Gasteiger partial charge >= 0.3 is 0 Å². The molecule has 1 aliphatic carbocycles. The highest BCUT2D eigenvalue weighted by Gasteiger charge is 2.33. The normalized spacial score (nSPS) is 16.8. The molecule has 0 saturated heterocycles. The molecule has 1 aromatic rings. The fourth-order valence-electron chi connectivity index (χ4n) is 3.22. The first kappa shape index (κ1) is 17.5. The van der Waals surface area contributed by atoms with Crippen molar-refractivity contribution >= 4 is 5.91 Å². The summed E-state index contributed by atoms with van der Waals surface area (Å²) in [5, 5.41) is 12.4. The maximum absolute atomic E-state index is 12.3. The SMILES string of the molecule is CCc1ccc(CN(C)CC(=O)NC2(C#N)CCCCC2)cc1. The van der Waals surface area contributed by atoms with E-state index in [0.717, 1.165) is 45.1 Å². The molecule has 0 heterocycles. The van der Waals surface area contributed by atoms with Crippen LogP contribution in [0.25, 0.3) is 0 Å². The third kappa shape index (κ3) is 5.07. The Labute approximate surface area is 139 Å². The second-order valence-electron chi connectivity index (χ2n) is 6.65. The zero-order chi connectivity index (χ0) is 16.7. The molecule has 0 radical (unpaired) electrons. The first-order valence-electron chi connectivity index (χ1n) is 8.55. The van der Waals surface area contributed by atoms with Gasteiger partial charge in [0.05, 0.1) is 12.6 Å². The molecule has 0 atom stereocenters. The van der Waals surface area contributed by atoms with Gasteiger partial charge in [0.15, 0.2) is 0 Å². The lowest BCUT2D eigenvalue weighted by Crippen LogP contribution is -2.51. The molecular weight excluding hydrogens is 286 g/mol. The Morgan fingerprint density at radius 1 is 1.22 bits per heavy atom. The van der Waals surface area contributed by atoms with E-state index < -0.39 is 5.54 Å². The Morgan fingerprint density at radius 3 is 2.39 bits per heavy atom. The van der Waals surface area contributed by atoms with Crippen LogP contribution in [0.4, 0.5) is 0 Å². The molecule has 0 spiro atoms. The number of amides is 1. The first-order valence-corrected chi connectivity index (χ1v) is 8.55. The maximum atomic E-state index is 12.3. The van der Waals surface area contributed by atoms with E-state index in [1.165, 1.54) is 11.1 Å². The van der Waals surface area contributed by atoms with E-state index in [1.807, 2.05) is 11.9 Å². The Morgan fingerprint density at radius 2 is 1.83 bits per heavy atom. The molecule has 1 fully saturated rings.